The number of hydrogen-bond donors (Lipinski definition) is 3. The average molecular weight is 351 g/mol. The van der Waals surface area contributed by atoms with Crippen LogP contribution in [0.1, 0.15) is 6.42 Å². The number of sulfonamides is 1. The monoisotopic (exact) mass is 351 g/mol. The summed E-state index contributed by atoms with van der Waals surface area (Å²) in [6, 6.07) is -0.630. The summed E-state index contributed by atoms with van der Waals surface area (Å²) in [6.07, 6.45) is 1.83. The molecular formula is C9H13N5O4S3. The molecule has 2 aromatic heterocycles. The molecule has 1 unspecified atom stereocenters. The summed E-state index contributed by atoms with van der Waals surface area (Å²) in [6.45, 7) is 0. The maximum absolute atomic E-state index is 12.5. The number of hydrazine groups is 1. The zero-order valence-corrected chi connectivity index (χ0v) is 13.1. The number of nitrogens with two attached hydrogens (primary N) is 1. The van der Waals surface area contributed by atoms with Crippen molar-refractivity contribution in [2.45, 2.75) is 17.5 Å². The lowest BCUT2D eigenvalue weighted by Crippen LogP contribution is -2.36. The molecule has 4 N–H and O–H groups in total. The molecule has 1 aliphatic heterocycles. The number of aromatic nitrogens is 2. The van der Waals surface area contributed by atoms with Crippen LogP contribution in [0.3, 0.4) is 0 Å². The Kier molecular flexibility index (Phi) is 3.44. The van der Waals surface area contributed by atoms with Crippen molar-refractivity contribution < 1.29 is 16.8 Å². The molecule has 0 bridgehead atoms. The maximum Gasteiger partial charge on any atom is 0.260 e. The minimum atomic E-state index is -3.94. The van der Waals surface area contributed by atoms with Crippen molar-refractivity contribution in [3.63, 3.8) is 0 Å². The molecule has 3 rings (SSSR count). The predicted molar refractivity (Wildman–Crippen MR) is 78.3 cm³/mol. The molecule has 2 aromatic rings. The van der Waals surface area contributed by atoms with E-state index < -0.39 is 25.9 Å². The van der Waals surface area contributed by atoms with E-state index in [0.29, 0.717) is 4.96 Å². The molecule has 1 saturated heterocycles. The summed E-state index contributed by atoms with van der Waals surface area (Å²) in [7, 11) is -7.11. The van der Waals surface area contributed by atoms with Gasteiger partial charge < -0.3 is 5.43 Å². The van der Waals surface area contributed by atoms with Gasteiger partial charge in [0.25, 0.3) is 10.0 Å². The Morgan fingerprint density at radius 1 is 1.48 bits per heavy atom. The number of rotatable bonds is 4. The summed E-state index contributed by atoms with van der Waals surface area (Å²) in [5, 5.41) is 1.58. The Hall–Kier alpha value is -1.21. The van der Waals surface area contributed by atoms with Gasteiger partial charge in [-0.05, 0) is 6.42 Å². The molecule has 21 heavy (non-hydrogen) atoms. The largest absolute Gasteiger partial charge is 0.306 e. The SMILES string of the molecule is NNc1nc2sccn2c1S(=O)(=O)NC1CCS(=O)(=O)C1. The first kappa shape index (κ1) is 14.7. The van der Waals surface area contributed by atoms with Gasteiger partial charge in [-0.1, -0.05) is 0 Å². The van der Waals surface area contributed by atoms with E-state index in [1.807, 2.05) is 0 Å². The van der Waals surface area contributed by atoms with Gasteiger partial charge in [0, 0.05) is 17.6 Å². The van der Waals surface area contributed by atoms with Crippen LogP contribution in [-0.4, -0.2) is 43.8 Å². The molecular weight excluding hydrogens is 338 g/mol. The summed E-state index contributed by atoms with van der Waals surface area (Å²) < 4.78 is 51.6. The van der Waals surface area contributed by atoms with E-state index in [4.69, 9.17) is 5.84 Å². The van der Waals surface area contributed by atoms with Crippen LogP contribution in [0.4, 0.5) is 5.82 Å². The van der Waals surface area contributed by atoms with Crippen LogP contribution in [0, 0.1) is 0 Å². The normalized spacial score (nSPS) is 21.9. The van der Waals surface area contributed by atoms with Crippen LogP contribution in [0.15, 0.2) is 16.6 Å². The quantitative estimate of drug-likeness (QED) is 0.482. The van der Waals surface area contributed by atoms with Crippen LogP contribution in [0.5, 0.6) is 0 Å². The van der Waals surface area contributed by atoms with E-state index in [1.54, 1.807) is 11.6 Å². The second kappa shape index (κ2) is 4.91. The Morgan fingerprint density at radius 3 is 2.86 bits per heavy atom. The third-order valence-electron chi connectivity index (χ3n) is 3.16. The highest BCUT2D eigenvalue weighted by Crippen LogP contribution is 2.25. The fourth-order valence-electron chi connectivity index (χ4n) is 2.28. The molecule has 1 fully saturated rings. The van der Waals surface area contributed by atoms with E-state index in [0.717, 1.165) is 0 Å². The van der Waals surface area contributed by atoms with Crippen molar-refractivity contribution in [3.8, 4) is 0 Å². The Morgan fingerprint density at radius 2 is 2.24 bits per heavy atom. The first-order valence-corrected chi connectivity index (χ1v) is 10.2. The molecule has 9 nitrogen and oxygen atoms in total. The molecule has 0 aliphatic carbocycles. The van der Waals surface area contributed by atoms with Gasteiger partial charge in [-0.2, -0.15) is 4.98 Å². The fourth-order valence-corrected chi connectivity index (χ4v) is 6.35. The van der Waals surface area contributed by atoms with Crippen molar-refractivity contribution in [2.75, 3.05) is 16.9 Å². The van der Waals surface area contributed by atoms with Crippen molar-refractivity contribution in [3.05, 3.63) is 11.6 Å². The van der Waals surface area contributed by atoms with Gasteiger partial charge in [-0.25, -0.2) is 27.4 Å². The van der Waals surface area contributed by atoms with Gasteiger partial charge in [-0.3, -0.25) is 4.40 Å². The lowest BCUT2D eigenvalue weighted by molar-refractivity contribution is 0.558. The molecule has 12 heteroatoms. The van der Waals surface area contributed by atoms with Crippen LogP contribution in [0.25, 0.3) is 4.96 Å². The molecule has 0 spiro atoms. The number of fused-ring (bicyclic) bond motifs is 1. The van der Waals surface area contributed by atoms with E-state index in [1.165, 1.54) is 15.7 Å². The van der Waals surface area contributed by atoms with Crippen LogP contribution < -0.4 is 16.0 Å². The molecule has 1 atom stereocenters. The molecule has 0 amide bonds. The zero-order chi connectivity index (χ0) is 15.3. The average Bonchev–Trinajstić information content (AvgIpc) is 3.01. The highest BCUT2D eigenvalue weighted by atomic mass is 32.2. The minimum absolute atomic E-state index is 0.0115. The lowest BCUT2D eigenvalue weighted by Gasteiger charge is -2.11. The summed E-state index contributed by atoms with van der Waals surface area (Å²) in [4.78, 5) is 4.54. The van der Waals surface area contributed by atoms with E-state index in [-0.39, 0.29) is 28.8 Å². The Bertz CT molecular complexity index is 882. The summed E-state index contributed by atoms with van der Waals surface area (Å²) in [5.74, 6) is 5.13. The molecule has 0 aromatic carbocycles. The number of sulfone groups is 1. The fraction of sp³-hybridized carbons (Fsp3) is 0.444. The number of nitrogen functional groups attached to an aromatic ring is 1. The second-order valence-corrected chi connectivity index (χ2v) is 9.42. The number of thiazole rings is 1. The highest BCUT2D eigenvalue weighted by molar-refractivity contribution is 7.92. The highest BCUT2D eigenvalue weighted by Gasteiger charge is 2.34. The van der Waals surface area contributed by atoms with Gasteiger partial charge in [0.1, 0.15) is 0 Å². The van der Waals surface area contributed by atoms with Crippen LogP contribution >= 0.6 is 11.3 Å². The predicted octanol–water partition coefficient (Wildman–Crippen LogP) is -0.853. The minimum Gasteiger partial charge on any atom is -0.306 e. The van der Waals surface area contributed by atoms with Crippen molar-refractivity contribution >= 4 is 42.0 Å². The topological polar surface area (TPSA) is 136 Å². The van der Waals surface area contributed by atoms with Gasteiger partial charge in [0.2, 0.25) is 5.03 Å². The number of nitrogens with one attached hydrogen (secondary N) is 2. The van der Waals surface area contributed by atoms with E-state index >= 15 is 0 Å². The first-order valence-electron chi connectivity index (χ1n) is 5.97. The number of imidazole rings is 1. The van der Waals surface area contributed by atoms with Gasteiger partial charge >= 0.3 is 0 Å². The maximum atomic E-state index is 12.5. The number of hydrogen-bond acceptors (Lipinski definition) is 8. The Labute approximate surface area is 125 Å². The van der Waals surface area contributed by atoms with Crippen molar-refractivity contribution in [2.24, 2.45) is 5.84 Å². The van der Waals surface area contributed by atoms with Crippen molar-refractivity contribution in [1.29, 1.82) is 0 Å². The first-order chi connectivity index (χ1) is 9.82. The number of anilines is 1. The Balaban J connectivity index is 1.98. The van der Waals surface area contributed by atoms with Crippen molar-refractivity contribution in [1.82, 2.24) is 14.1 Å². The summed E-state index contributed by atoms with van der Waals surface area (Å²) >= 11 is 1.26. The van der Waals surface area contributed by atoms with E-state index in [9.17, 15) is 16.8 Å². The van der Waals surface area contributed by atoms with Gasteiger partial charge in [0.05, 0.1) is 11.5 Å². The molecule has 116 valence electrons. The van der Waals surface area contributed by atoms with Crippen LogP contribution in [-0.2, 0) is 19.9 Å². The van der Waals surface area contributed by atoms with Crippen LogP contribution in [0.2, 0.25) is 0 Å². The molecule has 0 saturated carbocycles. The van der Waals surface area contributed by atoms with Gasteiger partial charge in [0.15, 0.2) is 20.6 Å². The second-order valence-electron chi connectivity index (χ2n) is 4.69. The molecule has 0 radical (unpaired) electrons. The lowest BCUT2D eigenvalue weighted by atomic mass is 10.3. The standard InChI is InChI=1S/C9H13N5O4S3/c10-12-7-8(14-2-3-19-9(14)11-7)21(17,18)13-6-1-4-20(15,16)5-6/h2-3,6,12-13H,1,4-5,10H2. The van der Waals surface area contributed by atoms with Gasteiger partial charge in [-0.15, -0.1) is 11.3 Å². The van der Waals surface area contributed by atoms with E-state index in [2.05, 4.69) is 15.1 Å². The molecule has 3 heterocycles. The summed E-state index contributed by atoms with van der Waals surface area (Å²) in [5.41, 5.74) is 2.26. The number of nitrogens with zero attached hydrogens (tertiary/aromatic N) is 2. The third-order valence-corrected chi connectivity index (χ3v) is 7.23. The smallest absolute Gasteiger partial charge is 0.260 e. The molecule has 1 aliphatic rings. The zero-order valence-electron chi connectivity index (χ0n) is 10.7. The third kappa shape index (κ3) is 2.64.